The molecule has 0 aliphatic rings. The Bertz CT molecular complexity index is 89.1. The third kappa shape index (κ3) is 12.0. The van der Waals surface area contributed by atoms with E-state index in [1.807, 2.05) is 0 Å². The van der Waals surface area contributed by atoms with E-state index >= 15 is 0 Å². The minimum absolute atomic E-state index is 0.403. The fourth-order valence-corrected chi connectivity index (χ4v) is 1.38. The summed E-state index contributed by atoms with van der Waals surface area (Å²) in [4.78, 5) is 0. The lowest BCUT2D eigenvalue weighted by Crippen LogP contribution is -2.03. The van der Waals surface area contributed by atoms with Crippen LogP contribution in [0.5, 0.6) is 0 Å². The molecule has 0 fully saturated rings. The van der Waals surface area contributed by atoms with Crippen molar-refractivity contribution >= 4 is 0 Å². The molecule has 1 heteroatoms. The van der Waals surface area contributed by atoms with Gasteiger partial charge in [0, 0.05) is 6.61 Å². The maximum atomic E-state index is 5.47. The Labute approximate surface area is 83.9 Å². The van der Waals surface area contributed by atoms with E-state index in [0.717, 1.165) is 6.61 Å². The van der Waals surface area contributed by atoms with Crippen LogP contribution < -0.4 is 0 Å². The fourth-order valence-electron chi connectivity index (χ4n) is 1.38. The minimum Gasteiger partial charge on any atom is -0.379 e. The van der Waals surface area contributed by atoms with Gasteiger partial charge in [0.1, 0.15) is 0 Å². The Hall–Kier alpha value is -0.0400. The summed E-state index contributed by atoms with van der Waals surface area (Å²) in [5, 5.41) is 0. The van der Waals surface area contributed by atoms with Crippen LogP contribution >= 0.6 is 0 Å². The van der Waals surface area contributed by atoms with Gasteiger partial charge in [-0.05, 0) is 20.3 Å². The maximum Gasteiger partial charge on any atom is 0.0518 e. The summed E-state index contributed by atoms with van der Waals surface area (Å²) >= 11 is 0. The van der Waals surface area contributed by atoms with Crippen LogP contribution in [0.15, 0.2) is 0 Å². The highest BCUT2D eigenvalue weighted by molar-refractivity contribution is 4.45. The van der Waals surface area contributed by atoms with Crippen LogP contribution in [0.2, 0.25) is 0 Å². The number of rotatable bonds is 9. The molecule has 0 unspecified atom stereocenters. The molecule has 0 spiro atoms. The molecule has 0 saturated carbocycles. The molecule has 0 rings (SSSR count). The highest BCUT2D eigenvalue weighted by Gasteiger charge is 1.93. The smallest absolute Gasteiger partial charge is 0.0518 e. The number of ether oxygens (including phenoxy) is 1. The summed E-state index contributed by atoms with van der Waals surface area (Å²) in [6, 6.07) is 0. The zero-order chi connectivity index (χ0) is 9.94. The topological polar surface area (TPSA) is 9.23 Å². The lowest BCUT2D eigenvalue weighted by Gasteiger charge is -2.06. The second kappa shape index (κ2) is 10.0. The second-order valence-electron chi connectivity index (χ2n) is 4.04. The average molecular weight is 186 g/mol. The van der Waals surface area contributed by atoms with Crippen molar-refractivity contribution in [3.63, 3.8) is 0 Å². The van der Waals surface area contributed by atoms with Crippen LogP contribution in [-0.2, 0) is 4.74 Å². The fraction of sp³-hybridized carbons (Fsp3) is 1.00. The third-order valence-electron chi connectivity index (χ3n) is 2.20. The molecule has 0 aromatic heterocycles. The molecule has 0 N–H and O–H groups in total. The van der Waals surface area contributed by atoms with E-state index in [-0.39, 0.29) is 0 Å². The monoisotopic (exact) mass is 186 g/mol. The zero-order valence-corrected chi connectivity index (χ0v) is 9.64. The molecule has 13 heavy (non-hydrogen) atoms. The van der Waals surface area contributed by atoms with E-state index < -0.39 is 0 Å². The van der Waals surface area contributed by atoms with Crippen molar-refractivity contribution < 1.29 is 4.74 Å². The first-order chi connectivity index (χ1) is 6.27. The summed E-state index contributed by atoms with van der Waals surface area (Å²) in [5.41, 5.74) is 0. The predicted octanol–water partition coefficient (Wildman–Crippen LogP) is 4.16. The lowest BCUT2D eigenvalue weighted by molar-refractivity contribution is 0.0757. The third-order valence-corrected chi connectivity index (χ3v) is 2.20. The first-order valence-corrected chi connectivity index (χ1v) is 5.89. The molecule has 0 radical (unpaired) electrons. The second-order valence-corrected chi connectivity index (χ2v) is 4.04. The molecule has 0 aliphatic heterocycles. The van der Waals surface area contributed by atoms with Gasteiger partial charge in [0.25, 0.3) is 0 Å². The molecule has 0 aromatic carbocycles. The van der Waals surface area contributed by atoms with Gasteiger partial charge in [-0.2, -0.15) is 0 Å². The Balaban J connectivity index is 2.84. The summed E-state index contributed by atoms with van der Waals surface area (Å²) in [6.45, 7) is 7.41. The lowest BCUT2D eigenvalue weighted by atomic mass is 10.1. The molecule has 80 valence electrons. The molecule has 0 aromatic rings. The SMILES string of the molecule is CCCCCCCCCOC(C)C. The Morgan fingerprint density at radius 3 is 1.92 bits per heavy atom. The molecule has 1 nitrogen and oxygen atoms in total. The highest BCUT2D eigenvalue weighted by atomic mass is 16.5. The van der Waals surface area contributed by atoms with Gasteiger partial charge in [-0.25, -0.2) is 0 Å². The Morgan fingerprint density at radius 1 is 0.846 bits per heavy atom. The molecular formula is C12H26O. The molecule has 0 amide bonds. The maximum absolute atomic E-state index is 5.47. The normalized spacial score (nSPS) is 11.1. The first-order valence-electron chi connectivity index (χ1n) is 5.89. The van der Waals surface area contributed by atoms with Crippen molar-refractivity contribution in [1.82, 2.24) is 0 Å². The largest absolute Gasteiger partial charge is 0.379 e. The molecular weight excluding hydrogens is 160 g/mol. The molecule has 0 atom stereocenters. The van der Waals surface area contributed by atoms with E-state index in [9.17, 15) is 0 Å². The summed E-state index contributed by atoms with van der Waals surface area (Å²) in [7, 11) is 0. The van der Waals surface area contributed by atoms with Crippen molar-refractivity contribution in [3.05, 3.63) is 0 Å². The van der Waals surface area contributed by atoms with Crippen LogP contribution in [0.25, 0.3) is 0 Å². The van der Waals surface area contributed by atoms with E-state index in [1.54, 1.807) is 0 Å². The van der Waals surface area contributed by atoms with Gasteiger partial charge in [0.05, 0.1) is 6.10 Å². The summed E-state index contributed by atoms with van der Waals surface area (Å²) in [6.07, 6.45) is 9.96. The van der Waals surface area contributed by atoms with Gasteiger partial charge in [0.2, 0.25) is 0 Å². The predicted molar refractivity (Wildman–Crippen MR) is 59.1 cm³/mol. The zero-order valence-electron chi connectivity index (χ0n) is 9.64. The molecule has 0 bridgehead atoms. The Kier molecular flexibility index (Phi) is 10.0. The summed E-state index contributed by atoms with van der Waals surface area (Å²) < 4.78 is 5.47. The number of unbranched alkanes of at least 4 members (excludes halogenated alkanes) is 6. The minimum atomic E-state index is 0.403. The number of hydrogen-bond acceptors (Lipinski definition) is 1. The first kappa shape index (κ1) is 13.0. The highest BCUT2D eigenvalue weighted by Crippen LogP contribution is 2.07. The van der Waals surface area contributed by atoms with Gasteiger partial charge in [-0.3, -0.25) is 0 Å². The Morgan fingerprint density at radius 2 is 1.38 bits per heavy atom. The molecule has 0 saturated heterocycles. The van der Waals surface area contributed by atoms with E-state index in [4.69, 9.17) is 4.74 Å². The summed E-state index contributed by atoms with van der Waals surface area (Å²) in [5.74, 6) is 0. The van der Waals surface area contributed by atoms with Gasteiger partial charge in [-0.15, -0.1) is 0 Å². The van der Waals surface area contributed by atoms with Gasteiger partial charge in [-0.1, -0.05) is 45.4 Å². The van der Waals surface area contributed by atoms with Crippen LogP contribution in [0.4, 0.5) is 0 Å². The van der Waals surface area contributed by atoms with E-state index in [0.29, 0.717) is 6.10 Å². The van der Waals surface area contributed by atoms with Gasteiger partial charge in [0.15, 0.2) is 0 Å². The van der Waals surface area contributed by atoms with E-state index in [1.165, 1.54) is 44.9 Å². The van der Waals surface area contributed by atoms with Crippen LogP contribution in [0, 0.1) is 0 Å². The van der Waals surface area contributed by atoms with Crippen molar-refractivity contribution in [2.24, 2.45) is 0 Å². The standard InChI is InChI=1S/C12H26O/c1-4-5-6-7-8-9-10-11-13-12(2)3/h12H,4-11H2,1-3H3. The van der Waals surface area contributed by atoms with Crippen molar-refractivity contribution in [2.45, 2.75) is 71.8 Å². The molecule has 0 heterocycles. The molecule has 0 aliphatic carbocycles. The average Bonchev–Trinajstić information content (AvgIpc) is 2.09. The van der Waals surface area contributed by atoms with Crippen LogP contribution in [0.1, 0.15) is 65.7 Å². The van der Waals surface area contributed by atoms with Crippen molar-refractivity contribution in [3.8, 4) is 0 Å². The van der Waals surface area contributed by atoms with Crippen LogP contribution in [0.3, 0.4) is 0 Å². The van der Waals surface area contributed by atoms with Crippen LogP contribution in [-0.4, -0.2) is 12.7 Å². The number of hydrogen-bond donors (Lipinski definition) is 0. The van der Waals surface area contributed by atoms with Crippen molar-refractivity contribution in [1.29, 1.82) is 0 Å². The van der Waals surface area contributed by atoms with Crippen molar-refractivity contribution in [2.75, 3.05) is 6.61 Å². The van der Waals surface area contributed by atoms with Gasteiger partial charge >= 0.3 is 0 Å². The quantitative estimate of drug-likeness (QED) is 0.491. The van der Waals surface area contributed by atoms with Gasteiger partial charge < -0.3 is 4.74 Å². The van der Waals surface area contributed by atoms with E-state index in [2.05, 4.69) is 20.8 Å².